The van der Waals surface area contributed by atoms with Crippen LogP contribution in [-0.2, 0) is 0 Å². The molecule has 0 atom stereocenters. The molecule has 1 saturated carbocycles. The third-order valence-electron chi connectivity index (χ3n) is 2.96. The van der Waals surface area contributed by atoms with Crippen molar-refractivity contribution in [2.45, 2.75) is 31.8 Å². The van der Waals surface area contributed by atoms with Crippen molar-refractivity contribution in [3.8, 4) is 5.75 Å². The average molecular weight is 298 g/mol. The van der Waals surface area contributed by atoms with Gasteiger partial charge in [-0.2, -0.15) is 0 Å². The number of ketones is 1. The number of Topliss-reactive ketones (excluding diaryl/α,β-unsaturated/α-hetero) is 1. The molecule has 4 heteroatoms. The van der Waals surface area contributed by atoms with Crippen molar-refractivity contribution in [3.05, 3.63) is 28.2 Å². The molecule has 1 aromatic carbocycles. The predicted octanol–water partition coefficient (Wildman–Crippen LogP) is 2.91. The lowest BCUT2D eigenvalue weighted by molar-refractivity contribution is 0.0958. The molecule has 0 spiro atoms. The molecular weight excluding hydrogens is 282 g/mol. The van der Waals surface area contributed by atoms with Crippen LogP contribution < -0.4 is 10.5 Å². The SMILES string of the molecule is NCCC(=O)c1cc(Br)ccc1OC1CCC1. The summed E-state index contributed by atoms with van der Waals surface area (Å²) in [5.74, 6) is 0.736. The van der Waals surface area contributed by atoms with E-state index in [1.807, 2.05) is 18.2 Å². The molecule has 0 amide bonds. The van der Waals surface area contributed by atoms with Crippen molar-refractivity contribution in [1.29, 1.82) is 0 Å². The molecule has 0 bridgehead atoms. The highest BCUT2D eigenvalue weighted by Crippen LogP contribution is 2.30. The van der Waals surface area contributed by atoms with E-state index in [1.165, 1.54) is 6.42 Å². The zero-order chi connectivity index (χ0) is 12.3. The van der Waals surface area contributed by atoms with E-state index in [2.05, 4.69) is 15.9 Å². The zero-order valence-electron chi connectivity index (χ0n) is 9.62. The molecule has 2 rings (SSSR count). The van der Waals surface area contributed by atoms with E-state index in [-0.39, 0.29) is 11.9 Å². The minimum atomic E-state index is 0.0446. The normalized spacial score (nSPS) is 15.4. The maximum atomic E-state index is 11.9. The molecule has 1 aromatic rings. The van der Waals surface area contributed by atoms with Gasteiger partial charge in [0.05, 0.1) is 11.7 Å². The van der Waals surface area contributed by atoms with Gasteiger partial charge < -0.3 is 10.5 Å². The lowest BCUT2D eigenvalue weighted by atomic mass is 9.96. The number of ether oxygens (including phenoxy) is 1. The summed E-state index contributed by atoms with van der Waals surface area (Å²) in [5, 5.41) is 0. The zero-order valence-corrected chi connectivity index (χ0v) is 11.2. The number of hydrogen-bond acceptors (Lipinski definition) is 3. The Hall–Kier alpha value is -0.870. The number of carbonyl (C=O) groups excluding carboxylic acids is 1. The molecule has 1 aliphatic carbocycles. The first-order valence-corrected chi connectivity index (χ1v) is 6.69. The molecule has 0 saturated heterocycles. The molecule has 1 fully saturated rings. The Morgan fingerprint density at radius 1 is 1.47 bits per heavy atom. The smallest absolute Gasteiger partial charge is 0.167 e. The fraction of sp³-hybridized carbons (Fsp3) is 0.462. The average Bonchev–Trinajstić information content (AvgIpc) is 2.25. The van der Waals surface area contributed by atoms with E-state index in [0.717, 1.165) is 17.3 Å². The molecule has 0 radical (unpaired) electrons. The Labute approximate surface area is 109 Å². The van der Waals surface area contributed by atoms with Gasteiger partial charge in [0.25, 0.3) is 0 Å². The van der Waals surface area contributed by atoms with Gasteiger partial charge in [0.15, 0.2) is 5.78 Å². The minimum Gasteiger partial charge on any atom is -0.490 e. The van der Waals surface area contributed by atoms with E-state index in [4.69, 9.17) is 10.5 Å². The number of halogens is 1. The summed E-state index contributed by atoms with van der Waals surface area (Å²) >= 11 is 3.37. The number of benzene rings is 1. The van der Waals surface area contributed by atoms with Crippen LogP contribution in [0, 0.1) is 0 Å². The maximum absolute atomic E-state index is 11.9. The van der Waals surface area contributed by atoms with Crippen molar-refractivity contribution in [2.75, 3.05) is 6.54 Å². The standard InChI is InChI=1S/C13H16BrNO2/c14-9-4-5-13(17-10-2-1-3-10)11(8-9)12(16)6-7-15/h4-5,8,10H,1-3,6-7,15H2. The summed E-state index contributed by atoms with van der Waals surface area (Å²) in [4.78, 5) is 11.9. The van der Waals surface area contributed by atoms with Gasteiger partial charge in [0.2, 0.25) is 0 Å². The van der Waals surface area contributed by atoms with Gasteiger partial charge in [0, 0.05) is 10.9 Å². The third-order valence-corrected chi connectivity index (χ3v) is 3.45. The molecule has 3 nitrogen and oxygen atoms in total. The summed E-state index contributed by atoms with van der Waals surface area (Å²) in [7, 11) is 0. The van der Waals surface area contributed by atoms with Gasteiger partial charge in [0.1, 0.15) is 5.75 Å². The maximum Gasteiger partial charge on any atom is 0.167 e. The number of hydrogen-bond donors (Lipinski definition) is 1. The number of rotatable bonds is 5. The fourth-order valence-corrected chi connectivity index (χ4v) is 2.12. The van der Waals surface area contributed by atoms with Crippen molar-refractivity contribution in [2.24, 2.45) is 5.73 Å². The molecule has 0 unspecified atom stereocenters. The van der Waals surface area contributed by atoms with E-state index in [0.29, 0.717) is 24.3 Å². The van der Waals surface area contributed by atoms with Crippen LogP contribution in [-0.4, -0.2) is 18.4 Å². The summed E-state index contributed by atoms with van der Waals surface area (Å²) in [6.07, 6.45) is 4.02. The number of nitrogens with two attached hydrogens (primary N) is 1. The predicted molar refractivity (Wildman–Crippen MR) is 70.4 cm³/mol. The highest BCUT2D eigenvalue weighted by atomic mass is 79.9. The van der Waals surface area contributed by atoms with Gasteiger partial charge in [-0.3, -0.25) is 4.79 Å². The van der Waals surface area contributed by atoms with E-state index in [9.17, 15) is 4.79 Å². The van der Waals surface area contributed by atoms with Gasteiger partial charge in [-0.25, -0.2) is 0 Å². The Morgan fingerprint density at radius 2 is 2.24 bits per heavy atom. The highest BCUT2D eigenvalue weighted by Gasteiger charge is 2.21. The Balaban J connectivity index is 2.19. The summed E-state index contributed by atoms with van der Waals surface area (Å²) in [6, 6.07) is 5.56. The Bertz CT molecular complexity index is 416. The molecule has 1 aliphatic rings. The molecule has 2 N–H and O–H groups in total. The van der Waals surface area contributed by atoms with E-state index >= 15 is 0 Å². The monoisotopic (exact) mass is 297 g/mol. The topological polar surface area (TPSA) is 52.3 Å². The van der Waals surface area contributed by atoms with Crippen LogP contribution in [0.3, 0.4) is 0 Å². The van der Waals surface area contributed by atoms with Crippen molar-refractivity contribution >= 4 is 21.7 Å². The van der Waals surface area contributed by atoms with Gasteiger partial charge in [-0.1, -0.05) is 15.9 Å². The molecule has 17 heavy (non-hydrogen) atoms. The Morgan fingerprint density at radius 3 is 2.82 bits per heavy atom. The van der Waals surface area contributed by atoms with Crippen LogP contribution in [0.5, 0.6) is 5.75 Å². The van der Waals surface area contributed by atoms with Crippen LogP contribution in [0.1, 0.15) is 36.0 Å². The fourth-order valence-electron chi connectivity index (χ4n) is 1.76. The first-order valence-electron chi connectivity index (χ1n) is 5.90. The van der Waals surface area contributed by atoms with Gasteiger partial charge in [-0.05, 0) is 44.0 Å². The quantitative estimate of drug-likeness (QED) is 0.850. The van der Waals surface area contributed by atoms with Crippen molar-refractivity contribution < 1.29 is 9.53 Å². The largest absolute Gasteiger partial charge is 0.490 e. The van der Waals surface area contributed by atoms with Crippen molar-refractivity contribution in [1.82, 2.24) is 0 Å². The van der Waals surface area contributed by atoms with Gasteiger partial charge in [-0.15, -0.1) is 0 Å². The second-order valence-corrected chi connectivity index (χ2v) is 5.19. The summed E-state index contributed by atoms with van der Waals surface area (Å²) < 4.78 is 6.71. The molecule has 0 aromatic heterocycles. The molecule has 0 aliphatic heterocycles. The van der Waals surface area contributed by atoms with Crippen LogP contribution in [0.2, 0.25) is 0 Å². The molecule has 92 valence electrons. The lowest BCUT2D eigenvalue weighted by Gasteiger charge is -2.27. The second kappa shape index (κ2) is 5.65. The van der Waals surface area contributed by atoms with Crippen LogP contribution in [0.4, 0.5) is 0 Å². The minimum absolute atomic E-state index is 0.0446. The summed E-state index contributed by atoms with van der Waals surface area (Å²) in [6.45, 7) is 0.369. The lowest BCUT2D eigenvalue weighted by Crippen LogP contribution is -2.25. The Kier molecular flexibility index (Phi) is 4.18. The van der Waals surface area contributed by atoms with Gasteiger partial charge >= 0.3 is 0 Å². The number of carbonyl (C=O) groups is 1. The van der Waals surface area contributed by atoms with Crippen molar-refractivity contribution in [3.63, 3.8) is 0 Å². The van der Waals surface area contributed by atoms with Crippen LogP contribution in [0.25, 0.3) is 0 Å². The van der Waals surface area contributed by atoms with E-state index < -0.39 is 0 Å². The second-order valence-electron chi connectivity index (χ2n) is 4.27. The first kappa shape index (κ1) is 12.6. The van der Waals surface area contributed by atoms with Crippen LogP contribution in [0.15, 0.2) is 22.7 Å². The van der Waals surface area contributed by atoms with Crippen LogP contribution >= 0.6 is 15.9 Å². The molecule has 0 heterocycles. The third kappa shape index (κ3) is 3.07. The summed E-state index contributed by atoms with van der Waals surface area (Å²) in [5.41, 5.74) is 6.06. The molecular formula is C13H16BrNO2. The highest BCUT2D eigenvalue weighted by molar-refractivity contribution is 9.10. The first-order chi connectivity index (χ1) is 8.20. The van der Waals surface area contributed by atoms with E-state index in [1.54, 1.807) is 0 Å².